The van der Waals surface area contributed by atoms with Crippen molar-refractivity contribution in [1.29, 1.82) is 0 Å². The summed E-state index contributed by atoms with van der Waals surface area (Å²) in [5.41, 5.74) is 1.90. The predicted octanol–water partition coefficient (Wildman–Crippen LogP) is 4.27. The molecule has 0 heterocycles. The van der Waals surface area contributed by atoms with Gasteiger partial charge in [-0.25, -0.2) is 12.8 Å². The molecule has 196 valence electrons. The van der Waals surface area contributed by atoms with E-state index in [-0.39, 0.29) is 29.1 Å². The Labute approximate surface area is 218 Å². The number of sulfonamides is 1. The Balaban J connectivity index is 2.02. The van der Waals surface area contributed by atoms with Crippen molar-refractivity contribution < 1.29 is 22.4 Å². The number of halogens is 1. The van der Waals surface area contributed by atoms with Crippen molar-refractivity contribution in [3.05, 3.63) is 95.8 Å². The first-order valence-electron chi connectivity index (χ1n) is 12.0. The number of nitrogens with one attached hydrogen (secondary N) is 1. The fourth-order valence-electron chi connectivity index (χ4n) is 3.81. The Bertz CT molecular complexity index is 1330. The standard InChI is InChI=1S/C28H32FN3O4S/c1-20(2)30-28(34)22(4)31(18-23-11-9-8-10-21(23)3)27(33)19-32(25-16-14-24(29)15-17-25)37(35,36)26-12-6-5-7-13-26/h5-17,20,22H,18-19H2,1-4H3,(H,30,34)/t22-/m0/s1. The molecule has 0 spiro atoms. The van der Waals surface area contributed by atoms with Crippen molar-refractivity contribution in [2.45, 2.75) is 51.2 Å². The van der Waals surface area contributed by atoms with Gasteiger partial charge in [0.15, 0.2) is 0 Å². The minimum Gasteiger partial charge on any atom is -0.352 e. The van der Waals surface area contributed by atoms with E-state index in [0.29, 0.717) is 0 Å². The maximum Gasteiger partial charge on any atom is 0.264 e. The first kappa shape index (κ1) is 27.9. The normalized spacial score (nSPS) is 12.2. The van der Waals surface area contributed by atoms with Crippen LogP contribution in [0, 0.1) is 12.7 Å². The van der Waals surface area contributed by atoms with Gasteiger partial charge in [-0.15, -0.1) is 0 Å². The highest BCUT2D eigenvalue weighted by atomic mass is 32.2. The van der Waals surface area contributed by atoms with Gasteiger partial charge < -0.3 is 10.2 Å². The molecular formula is C28H32FN3O4S. The summed E-state index contributed by atoms with van der Waals surface area (Å²) in [5, 5.41) is 2.82. The molecule has 0 aliphatic carbocycles. The summed E-state index contributed by atoms with van der Waals surface area (Å²) in [6.45, 7) is 6.69. The van der Waals surface area contributed by atoms with Gasteiger partial charge >= 0.3 is 0 Å². The van der Waals surface area contributed by atoms with Crippen LogP contribution in [0.25, 0.3) is 0 Å². The van der Waals surface area contributed by atoms with E-state index in [2.05, 4.69) is 5.32 Å². The largest absolute Gasteiger partial charge is 0.352 e. The number of amides is 2. The Morgan fingerprint density at radius 3 is 2.08 bits per heavy atom. The monoisotopic (exact) mass is 525 g/mol. The van der Waals surface area contributed by atoms with Crippen LogP contribution in [-0.2, 0) is 26.2 Å². The number of carbonyl (C=O) groups is 2. The molecule has 0 unspecified atom stereocenters. The average Bonchev–Trinajstić information content (AvgIpc) is 2.87. The highest BCUT2D eigenvalue weighted by molar-refractivity contribution is 7.92. The number of hydrogen-bond acceptors (Lipinski definition) is 4. The van der Waals surface area contributed by atoms with E-state index in [1.165, 1.54) is 29.2 Å². The Kier molecular flexibility index (Phi) is 9.04. The van der Waals surface area contributed by atoms with Gasteiger partial charge in [0.25, 0.3) is 10.0 Å². The number of nitrogens with zero attached hydrogens (tertiary/aromatic N) is 2. The highest BCUT2D eigenvalue weighted by Crippen LogP contribution is 2.25. The van der Waals surface area contributed by atoms with Gasteiger partial charge in [-0.1, -0.05) is 42.5 Å². The third-order valence-electron chi connectivity index (χ3n) is 5.92. The fourth-order valence-corrected chi connectivity index (χ4v) is 5.25. The molecule has 9 heteroatoms. The van der Waals surface area contributed by atoms with E-state index in [9.17, 15) is 22.4 Å². The second-order valence-corrected chi connectivity index (χ2v) is 11.0. The van der Waals surface area contributed by atoms with Gasteiger partial charge in [-0.3, -0.25) is 13.9 Å². The van der Waals surface area contributed by atoms with Crippen LogP contribution in [0.2, 0.25) is 0 Å². The van der Waals surface area contributed by atoms with Crippen molar-refractivity contribution >= 4 is 27.5 Å². The molecular weight excluding hydrogens is 493 g/mol. The maximum absolute atomic E-state index is 13.8. The van der Waals surface area contributed by atoms with Gasteiger partial charge in [0.05, 0.1) is 10.6 Å². The van der Waals surface area contributed by atoms with Crippen LogP contribution in [0.15, 0.2) is 83.8 Å². The minimum atomic E-state index is -4.18. The molecule has 3 rings (SSSR count). The van der Waals surface area contributed by atoms with Crippen LogP contribution in [0.3, 0.4) is 0 Å². The number of aryl methyl sites for hydroxylation is 1. The molecule has 7 nitrogen and oxygen atoms in total. The smallest absolute Gasteiger partial charge is 0.264 e. The van der Waals surface area contributed by atoms with Crippen LogP contribution < -0.4 is 9.62 Å². The van der Waals surface area contributed by atoms with Crippen molar-refractivity contribution in [3.63, 3.8) is 0 Å². The summed E-state index contributed by atoms with van der Waals surface area (Å²) in [6, 6.07) is 19.1. The van der Waals surface area contributed by atoms with Crippen molar-refractivity contribution in [3.8, 4) is 0 Å². The van der Waals surface area contributed by atoms with Gasteiger partial charge in [0.2, 0.25) is 11.8 Å². The number of hydrogen-bond donors (Lipinski definition) is 1. The molecule has 0 radical (unpaired) electrons. The zero-order valence-electron chi connectivity index (χ0n) is 21.4. The quantitative estimate of drug-likeness (QED) is 0.428. The van der Waals surface area contributed by atoms with E-state index >= 15 is 0 Å². The van der Waals surface area contributed by atoms with Crippen molar-refractivity contribution in [2.75, 3.05) is 10.8 Å². The minimum absolute atomic E-state index is 0.0109. The van der Waals surface area contributed by atoms with Gasteiger partial charge in [0, 0.05) is 12.6 Å². The summed E-state index contributed by atoms with van der Waals surface area (Å²) >= 11 is 0. The molecule has 0 saturated carbocycles. The molecule has 0 bridgehead atoms. The lowest BCUT2D eigenvalue weighted by molar-refractivity contribution is -0.139. The first-order valence-corrected chi connectivity index (χ1v) is 13.4. The summed E-state index contributed by atoms with van der Waals surface area (Å²) < 4.78 is 41.8. The van der Waals surface area contributed by atoms with E-state index < -0.39 is 34.3 Å². The predicted molar refractivity (Wildman–Crippen MR) is 142 cm³/mol. The maximum atomic E-state index is 13.8. The van der Waals surface area contributed by atoms with Crippen LogP contribution >= 0.6 is 0 Å². The molecule has 1 atom stereocenters. The lowest BCUT2D eigenvalue weighted by Crippen LogP contribution is -2.52. The summed E-state index contributed by atoms with van der Waals surface area (Å²) in [7, 11) is -4.18. The molecule has 0 aliphatic rings. The zero-order valence-corrected chi connectivity index (χ0v) is 22.2. The number of benzene rings is 3. The molecule has 0 fully saturated rings. The van der Waals surface area contributed by atoms with E-state index in [0.717, 1.165) is 27.6 Å². The van der Waals surface area contributed by atoms with Gasteiger partial charge in [-0.05, 0) is 75.2 Å². The SMILES string of the molecule is Cc1ccccc1CN(C(=O)CN(c1ccc(F)cc1)S(=O)(=O)c1ccccc1)[C@@H](C)C(=O)NC(C)C. The van der Waals surface area contributed by atoms with E-state index in [4.69, 9.17) is 0 Å². The van der Waals surface area contributed by atoms with Crippen LogP contribution in [0.1, 0.15) is 31.9 Å². The van der Waals surface area contributed by atoms with Crippen molar-refractivity contribution in [2.24, 2.45) is 0 Å². The van der Waals surface area contributed by atoms with Gasteiger partial charge in [-0.2, -0.15) is 0 Å². The third-order valence-corrected chi connectivity index (χ3v) is 7.71. The third kappa shape index (κ3) is 6.95. The molecule has 37 heavy (non-hydrogen) atoms. The number of carbonyl (C=O) groups excluding carboxylic acids is 2. The molecule has 3 aromatic rings. The van der Waals surface area contributed by atoms with E-state index in [1.807, 2.05) is 45.0 Å². The molecule has 1 N–H and O–H groups in total. The Morgan fingerprint density at radius 2 is 1.49 bits per heavy atom. The molecule has 0 aliphatic heterocycles. The highest BCUT2D eigenvalue weighted by Gasteiger charge is 2.32. The molecule has 2 amide bonds. The zero-order chi connectivity index (χ0) is 27.2. The Hall–Kier alpha value is -3.72. The summed E-state index contributed by atoms with van der Waals surface area (Å²) in [6.07, 6.45) is 0. The molecule has 3 aromatic carbocycles. The molecule has 0 saturated heterocycles. The first-order chi connectivity index (χ1) is 17.5. The number of anilines is 1. The van der Waals surface area contributed by atoms with Crippen molar-refractivity contribution in [1.82, 2.24) is 10.2 Å². The lowest BCUT2D eigenvalue weighted by Gasteiger charge is -2.32. The summed E-state index contributed by atoms with van der Waals surface area (Å²) in [5.74, 6) is -1.46. The lowest BCUT2D eigenvalue weighted by atomic mass is 10.1. The van der Waals surface area contributed by atoms with Gasteiger partial charge in [0.1, 0.15) is 18.4 Å². The average molecular weight is 526 g/mol. The summed E-state index contributed by atoms with van der Waals surface area (Å²) in [4.78, 5) is 28.1. The fraction of sp³-hybridized carbons (Fsp3) is 0.286. The van der Waals surface area contributed by atoms with Crippen LogP contribution in [0.5, 0.6) is 0 Å². The van der Waals surface area contributed by atoms with E-state index in [1.54, 1.807) is 25.1 Å². The number of rotatable bonds is 10. The molecule has 0 aromatic heterocycles. The Morgan fingerprint density at radius 1 is 0.892 bits per heavy atom. The van der Waals surface area contributed by atoms with Crippen LogP contribution in [0.4, 0.5) is 10.1 Å². The second kappa shape index (κ2) is 12.0. The van der Waals surface area contributed by atoms with Crippen LogP contribution in [-0.4, -0.2) is 43.8 Å². The second-order valence-electron chi connectivity index (χ2n) is 9.09. The topological polar surface area (TPSA) is 86.8 Å².